The van der Waals surface area contributed by atoms with Crippen molar-refractivity contribution in [2.24, 2.45) is 5.92 Å². The van der Waals surface area contributed by atoms with E-state index >= 15 is 0 Å². The van der Waals surface area contributed by atoms with Crippen molar-refractivity contribution in [1.82, 2.24) is 15.3 Å². The van der Waals surface area contributed by atoms with Crippen molar-refractivity contribution >= 4 is 18.0 Å². The predicted molar refractivity (Wildman–Crippen MR) is 80.5 cm³/mol. The van der Waals surface area contributed by atoms with Crippen LogP contribution in [0.2, 0.25) is 0 Å². The molecule has 0 aliphatic rings. The molecule has 0 fully saturated rings. The molecule has 0 aromatic carbocycles. The maximum atomic E-state index is 13.7. The highest BCUT2D eigenvalue weighted by molar-refractivity contribution is 6.01. The average Bonchev–Trinajstić information content (AvgIpc) is 2.46. The number of carbonyl (C=O) groups excluding carboxylic acids is 3. The number of amides is 5. The van der Waals surface area contributed by atoms with E-state index < -0.39 is 36.3 Å². The van der Waals surface area contributed by atoms with Crippen molar-refractivity contribution in [3.63, 3.8) is 0 Å². The average molecular weight is 335 g/mol. The van der Waals surface area contributed by atoms with Gasteiger partial charge >= 0.3 is 12.1 Å². The van der Waals surface area contributed by atoms with Crippen LogP contribution in [0.3, 0.4) is 0 Å². The van der Waals surface area contributed by atoms with Gasteiger partial charge in [0.25, 0.3) is 5.91 Å². The SMILES string of the molecule is CNC(=O)N(CC(C)(C)F)C(=O)N(O)C(=O)[C@@H](O)CCC(C)C. The van der Waals surface area contributed by atoms with Crippen molar-refractivity contribution in [2.75, 3.05) is 13.6 Å². The fraction of sp³-hybridized carbons (Fsp3) is 0.786. The lowest BCUT2D eigenvalue weighted by molar-refractivity contribution is -0.164. The number of imide groups is 2. The maximum absolute atomic E-state index is 13.7. The molecule has 5 amide bonds. The predicted octanol–water partition coefficient (Wildman–Crippen LogP) is 1.51. The molecular formula is C14H26FN3O5. The third kappa shape index (κ3) is 7.38. The summed E-state index contributed by atoms with van der Waals surface area (Å²) in [5, 5.41) is 21.1. The van der Waals surface area contributed by atoms with Crippen LogP contribution < -0.4 is 5.32 Å². The first-order valence-corrected chi connectivity index (χ1v) is 7.33. The Morgan fingerprint density at radius 1 is 1.22 bits per heavy atom. The number of nitrogens with one attached hydrogen (secondary N) is 1. The number of halogens is 1. The number of hydrogen-bond donors (Lipinski definition) is 3. The normalized spacial score (nSPS) is 12.7. The first-order chi connectivity index (χ1) is 10.4. The minimum absolute atomic E-state index is 0.0510. The lowest BCUT2D eigenvalue weighted by Gasteiger charge is -2.28. The number of aliphatic hydroxyl groups excluding tert-OH is 1. The van der Waals surface area contributed by atoms with E-state index in [-0.39, 0.29) is 17.4 Å². The van der Waals surface area contributed by atoms with E-state index in [2.05, 4.69) is 5.32 Å². The van der Waals surface area contributed by atoms with Crippen LogP contribution in [0.15, 0.2) is 0 Å². The number of hydrogen-bond acceptors (Lipinski definition) is 5. The first kappa shape index (κ1) is 21.3. The van der Waals surface area contributed by atoms with Gasteiger partial charge in [0, 0.05) is 7.05 Å². The molecule has 9 heteroatoms. The molecule has 0 heterocycles. The summed E-state index contributed by atoms with van der Waals surface area (Å²) < 4.78 is 13.7. The van der Waals surface area contributed by atoms with Gasteiger partial charge in [0.1, 0.15) is 11.8 Å². The molecule has 23 heavy (non-hydrogen) atoms. The van der Waals surface area contributed by atoms with Crippen LogP contribution in [0.1, 0.15) is 40.5 Å². The Kier molecular flexibility index (Phi) is 8.11. The molecule has 0 radical (unpaired) electrons. The van der Waals surface area contributed by atoms with Crippen LogP contribution in [0.4, 0.5) is 14.0 Å². The van der Waals surface area contributed by atoms with Gasteiger partial charge in [0.2, 0.25) is 0 Å². The molecule has 134 valence electrons. The molecule has 0 aliphatic carbocycles. The van der Waals surface area contributed by atoms with E-state index in [0.717, 1.165) is 13.8 Å². The van der Waals surface area contributed by atoms with Crippen molar-refractivity contribution < 1.29 is 29.1 Å². The van der Waals surface area contributed by atoms with Crippen molar-refractivity contribution in [3.05, 3.63) is 0 Å². The van der Waals surface area contributed by atoms with Gasteiger partial charge < -0.3 is 10.4 Å². The van der Waals surface area contributed by atoms with E-state index in [1.165, 1.54) is 7.05 Å². The van der Waals surface area contributed by atoms with Gasteiger partial charge in [-0.2, -0.15) is 0 Å². The highest BCUT2D eigenvalue weighted by Crippen LogP contribution is 2.14. The molecule has 0 aromatic rings. The van der Waals surface area contributed by atoms with Crippen molar-refractivity contribution in [2.45, 2.75) is 52.3 Å². The molecule has 0 saturated carbocycles. The van der Waals surface area contributed by atoms with Crippen LogP contribution in [-0.2, 0) is 4.79 Å². The molecule has 0 spiro atoms. The summed E-state index contributed by atoms with van der Waals surface area (Å²) in [5.74, 6) is -1.05. The maximum Gasteiger partial charge on any atom is 0.359 e. The van der Waals surface area contributed by atoms with E-state index in [1.807, 2.05) is 13.8 Å². The number of aliphatic hydroxyl groups is 1. The lowest BCUT2D eigenvalue weighted by atomic mass is 10.0. The number of hydroxylamine groups is 2. The quantitative estimate of drug-likeness (QED) is 0.503. The second kappa shape index (κ2) is 8.78. The minimum atomic E-state index is -1.93. The van der Waals surface area contributed by atoms with E-state index in [4.69, 9.17) is 0 Å². The number of alkyl halides is 1. The third-order valence-electron chi connectivity index (χ3n) is 2.92. The summed E-state index contributed by atoms with van der Waals surface area (Å²) in [5.41, 5.74) is -1.93. The molecular weight excluding hydrogens is 309 g/mol. The second-order valence-corrected chi connectivity index (χ2v) is 6.28. The largest absolute Gasteiger partial charge is 0.383 e. The van der Waals surface area contributed by atoms with E-state index in [1.54, 1.807) is 0 Å². The van der Waals surface area contributed by atoms with Gasteiger partial charge in [-0.1, -0.05) is 13.8 Å². The lowest BCUT2D eigenvalue weighted by Crippen LogP contribution is -2.55. The summed E-state index contributed by atoms with van der Waals surface area (Å²) in [4.78, 5) is 35.9. The second-order valence-electron chi connectivity index (χ2n) is 6.28. The third-order valence-corrected chi connectivity index (χ3v) is 2.92. The Labute approximate surface area is 135 Å². The summed E-state index contributed by atoms with van der Waals surface area (Å²) >= 11 is 0. The standard InChI is InChI=1S/C14H26FN3O5/c1-9(2)6-7-10(19)11(20)18(23)13(22)17(12(21)16-5)8-14(3,4)15/h9-10,19,23H,6-8H2,1-5H3,(H,16,21)/t10-/m0/s1. The zero-order valence-electron chi connectivity index (χ0n) is 14.2. The monoisotopic (exact) mass is 335 g/mol. The van der Waals surface area contributed by atoms with Crippen LogP contribution in [0.5, 0.6) is 0 Å². The van der Waals surface area contributed by atoms with Crippen LogP contribution in [-0.4, -0.2) is 63.6 Å². The molecule has 8 nitrogen and oxygen atoms in total. The van der Waals surface area contributed by atoms with Gasteiger partial charge in [-0.15, -0.1) is 5.06 Å². The Morgan fingerprint density at radius 2 is 1.74 bits per heavy atom. The van der Waals surface area contributed by atoms with Gasteiger partial charge in [0.05, 0.1) is 6.54 Å². The first-order valence-electron chi connectivity index (χ1n) is 7.33. The smallest absolute Gasteiger partial charge is 0.359 e. The van der Waals surface area contributed by atoms with Gasteiger partial charge in [-0.3, -0.25) is 10.0 Å². The Balaban J connectivity index is 5.04. The van der Waals surface area contributed by atoms with E-state index in [9.17, 15) is 29.1 Å². The highest BCUT2D eigenvalue weighted by atomic mass is 19.1. The zero-order chi connectivity index (χ0) is 18.4. The summed E-state index contributed by atoms with van der Waals surface area (Å²) in [6, 6.07) is -2.41. The summed E-state index contributed by atoms with van der Waals surface area (Å²) in [7, 11) is 1.22. The number of carbonyl (C=O) groups is 3. The number of nitrogens with zero attached hydrogens (tertiary/aromatic N) is 2. The highest BCUT2D eigenvalue weighted by Gasteiger charge is 2.35. The topological polar surface area (TPSA) is 110 Å². The van der Waals surface area contributed by atoms with E-state index in [0.29, 0.717) is 11.3 Å². The van der Waals surface area contributed by atoms with Gasteiger partial charge in [-0.25, -0.2) is 18.9 Å². The molecule has 3 N–H and O–H groups in total. The minimum Gasteiger partial charge on any atom is -0.383 e. The van der Waals surface area contributed by atoms with Crippen LogP contribution in [0, 0.1) is 5.92 Å². The summed E-state index contributed by atoms with van der Waals surface area (Å²) in [6.07, 6.45) is -1.03. The molecule has 0 rings (SSSR count). The Hall–Kier alpha value is -1.74. The van der Waals surface area contributed by atoms with Crippen molar-refractivity contribution in [3.8, 4) is 0 Å². The van der Waals surface area contributed by atoms with Gasteiger partial charge in [-0.05, 0) is 32.6 Å². The molecule has 0 aliphatic heterocycles. The number of rotatable bonds is 6. The molecule has 1 atom stereocenters. The van der Waals surface area contributed by atoms with Crippen molar-refractivity contribution in [1.29, 1.82) is 0 Å². The summed E-state index contributed by atoms with van der Waals surface area (Å²) in [6.45, 7) is 5.37. The Bertz CT molecular complexity index is 437. The van der Waals surface area contributed by atoms with Gasteiger partial charge in [0.15, 0.2) is 0 Å². The molecule has 0 saturated heterocycles. The fourth-order valence-electron chi connectivity index (χ4n) is 1.70. The number of urea groups is 2. The molecule has 0 unspecified atom stereocenters. The zero-order valence-corrected chi connectivity index (χ0v) is 14.2. The van der Waals surface area contributed by atoms with Crippen LogP contribution >= 0.6 is 0 Å². The fourth-order valence-corrected chi connectivity index (χ4v) is 1.70. The van der Waals surface area contributed by atoms with Crippen LogP contribution in [0.25, 0.3) is 0 Å². The molecule has 0 aromatic heterocycles. The molecule has 0 bridgehead atoms. The Morgan fingerprint density at radius 3 is 2.13 bits per heavy atom.